The first kappa shape index (κ1) is 18.5. The Morgan fingerprint density at radius 1 is 1.12 bits per heavy atom. The third kappa shape index (κ3) is 4.89. The fourth-order valence-corrected chi connectivity index (χ4v) is 3.46. The van der Waals surface area contributed by atoms with Crippen LogP contribution in [0.15, 0.2) is 67.3 Å². The van der Waals surface area contributed by atoms with E-state index in [1.54, 1.807) is 6.08 Å². The first-order chi connectivity index (χ1) is 12.8. The number of benzene rings is 2. The van der Waals surface area contributed by atoms with Gasteiger partial charge in [0.25, 0.3) is 0 Å². The summed E-state index contributed by atoms with van der Waals surface area (Å²) in [6, 6.07) is 18.6. The molecule has 1 N–H and O–H groups in total. The Hall–Kier alpha value is -2.26. The maximum absolute atomic E-state index is 6.52. The highest BCUT2D eigenvalue weighted by Crippen LogP contribution is 2.43. The number of nitrogens with one attached hydrogen (secondary N) is 1. The number of hydrogen-bond acceptors (Lipinski definition) is 3. The van der Waals surface area contributed by atoms with Gasteiger partial charge in [-0.25, -0.2) is 0 Å². The van der Waals surface area contributed by atoms with Crippen molar-refractivity contribution in [2.45, 2.75) is 37.8 Å². The molecule has 0 heterocycles. The lowest BCUT2D eigenvalue weighted by Gasteiger charge is -2.35. The van der Waals surface area contributed by atoms with Gasteiger partial charge in [-0.1, -0.05) is 49.1 Å². The summed E-state index contributed by atoms with van der Waals surface area (Å²) < 4.78 is 12.2. The Bertz CT molecular complexity index is 696. The topological polar surface area (TPSA) is 30.5 Å². The molecule has 0 bridgehead atoms. The zero-order valence-corrected chi connectivity index (χ0v) is 15.6. The van der Waals surface area contributed by atoms with E-state index in [0.717, 1.165) is 30.8 Å². The Balaban J connectivity index is 1.66. The molecule has 1 aliphatic rings. The molecule has 1 saturated carbocycles. The summed E-state index contributed by atoms with van der Waals surface area (Å²) in [6.45, 7) is 4.20. The summed E-state index contributed by atoms with van der Waals surface area (Å²) in [5.74, 6) is 2.24. The molecular formula is C23H29NO2. The predicted octanol–water partition coefficient (Wildman–Crippen LogP) is 4.98. The van der Waals surface area contributed by atoms with Crippen LogP contribution in [0.3, 0.4) is 0 Å². The van der Waals surface area contributed by atoms with E-state index in [-0.39, 0.29) is 5.72 Å². The van der Waals surface area contributed by atoms with Gasteiger partial charge in [0.1, 0.15) is 18.1 Å². The van der Waals surface area contributed by atoms with Crippen LogP contribution < -0.4 is 14.8 Å². The number of aryl methyl sites for hydroxylation is 1. The van der Waals surface area contributed by atoms with Crippen LogP contribution in [0, 0.1) is 5.92 Å². The normalized spacial score (nSPS) is 15.9. The second-order valence-electron chi connectivity index (χ2n) is 6.93. The van der Waals surface area contributed by atoms with Crippen molar-refractivity contribution in [2.24, 2.45) is 5.92 Å². The molecule has 0 aromatic heterocycles. The Morgan fingerprint density at radius 3 is 2.58 bits per heavy atom. The summed E-state index contributed by atoms with van der Waals surface area (Å²) in [5.41, 5.74) is 1.08. The van der Waals surface area contributed by atoms with Gasteiger partial charge >= 0.3 is 0 Å². The van der Waals surface area contributed by atoms with Crippen LogP contribution in [0.4, 0.5) is 0 Å². The molecule has 0 radical (unpaired) electrons. The van der Waals surface area contributed by atoms with Gasteiger partial charge in [-0.3, -0.25) is 5.32 Å². The lowest BCUT2D eigenvalue weighted by molar-refractivity contribution is 0.00737. The predicted molar refractivity (Wildman–Crippen MR) is 107 cm³/mol. The standard InChI is InChI=1S/C23H29NO2/c1-3-17-25-21-12-7-13-22(18-21)26-23(24-2,20-14-15-20)16-8-11-19-9-5-4-6-10-19/h3-7,9-10,12-13,18,20,24H,1,8,11,14-17H2,2H3. The minimum Gasteiger partial charge on any atom is -0.489 e. The molecule has 3 rings (SSSR count). The summed E-state index contributed by atoms with van der Waals surface area (Å²) in [5, 5.41) is 3.50. The maximum Gasteiger partial charge on any atom is 0.163 e. The smallest absolute Gasteiger partial charge is 0.163 e. The van der Waals surface area contributed by atoms with Crippen molar-refractivity contribution < 1.29 is 9.47 Å². The van der Waals surface area contributed by atoms with Gasteiger partial charge in [0.15, 0.2) is 5.72 Å². The molecule has 3 heteroatoms. The van der Waals surface area contributed by atoms with Gasteiger partial charge in [-0.2, -0.15) is 0 Å². The second-order valence-corrected chi connectivity index (χ2v) is 6.93. The van der Waals surface area contributed by atoms with Gasteiger partial charge in [0.05, 0.1) is 0 Å². The average Bonchev–Trinajstić information content (AvgIpc) is 3.52. The molecule has 3 nitrogen and oxygen atoms in total. The van der Waals surface area contributed by atoms with E-state index in [1.165, 1.54) is 18.4 Å². The summed E-state index contributed by atoms with van der Waals surface area (Å²) >= 11 is 0. The quantitative estimate of drug-likeness (QED) is 0.457. The van der Waals surface area contributed by atoms with Crippen molar-refractivity contribution in [3.8, 4) is 11.5 Å². The molecule has 1 fully saturated rings. The molecule has 1 atom stereocenters. The summed E-state index contributed by atoms with van der Waals surface area (Å²) in [7, 11) is 2.01. The third-order valence-electron chi connectivity index (χ3n) is 4.99. The average molecular weight is 351 g/mol. The van der Waals surface area contributed by atoms with E-state index in [4.69, 9.17) is 9.47 Å². The highest BCUT2D eigenvalue weighted by Gasteiger charge is 2.46. The van der Waals surface area contributed by atoms with Crippen molar-refractivity contribution in [1.82, 2.24) is 5.32 Å². The van der Waals surface area contributed by atoms with Crippen LogP contribution in [-0.2, 0) is 6.42 Å². The fraction of sp³-hybridized carbons (Fsp3) is 0.391. The molecule has 0 aliphatic heterocycles. The van der Waals surface area contributed by atoms with E-state index >= 15 is 0 Å². The monoisotopic (exact) mass is 351 g/mol. The molecule has 1 unspecified atom stereocenters. The lowest BCUT2D eigenvalue weighted by atomic mass is 9.98. The molecule has 2 aromatic carbocycles. The number of hydrogen-bond donors (Lipinski definition) is 1. The highest BCUT2D eigenvalue weighted by atomic mass is 16.5. The molecule has 0 amide bonds. The van der Waals surface area contributed by atoms with Crippen LogP contribution in [0.5, 0.6) is 11.5 Å². The van der Waals surface area contributed by atoms with Gasteiger partial charge in [0.2, 0.25) is 0 Å². The van der Waals surface area contributed by atoms with Gasteiger partial charge in [-0.05, 0) is 50.4 Å². The van der Waals surface area contributed by atoms with Crippen LogP contribution in [-0.4, -0.2) is 19.4 Å². The van der Waals surface area contributed by atoms with Crippen molar-refractivity contribution >= 4 is 0 Å². The molecular weight excluding hydrogens is 322 g/mol. The third-order valence-corrected chi connectivity index (χ3v) is 4.99. The molecule has 26 heavy (non-hydrogen) atoms. The van der Waals surface area contributed by atoms with Crippen LogP contribution in [0.2, 0.25) is 0 Å². The largest absolute Gasteiger partial charge is 0.489 e. The number of ether oxygens (including phenoxy) is 2. The Kier molecular flexibility index (Phi) is 6.35. The van der Waals surface area contributed by atoms with Crippen LogP contribution >= 0.6 is 0 Å². The maximum atomic E-state index is 6.52. The Labute approximate surface area is 157 Å². The van der Waals surface area contributed by atoms with E-state index in [0.29, 0.717) is 12.5 Å². The SMILES string of the molecule is C=CCOc1cccc(OC(CCCc2ccccc2)(NC)C2CC2)c1. The first-order valence-electron chi connectivity index (χ1n) is 9.51. The lowest BCUT2D eigenvalue weighted by Crippen LogP contribution is -2.50. The van der Waals surface area contributed by atoms with E-state index in [2.05, 4.69) is 42.2 Å². The minimum absolute atomic E-state index is 0.300. The second kappa shape index (κ2) is 8.91. The van der Waals surface area contributed by atoms with Crippen molar-refractivity contribution in [2.75, 3.05) is 13.7 Å². The number of rotatable bonds is 11. The van der Waals surface area contributed by atoms with Gasteiger partial charge < -0.3 is 9.47 Å². The van der Waals surface area contributed by atoms with Crippen molar-refractivity contribution in [3.63, 3.8) is 0 Å². The minimum atomic E-state index is -0.300. The first-order valence-corrected chi connectivity index (χ1v) is 9.51. The van der Waals surface area contributed by atoms with Crippen molar-refractivity contribution in [3.05, 3.63) is 72.8 Å². The summed E-state index contributed by atoms with van der Waals surface area (Å²) in [4.78, 5) is 0. The molecule has 138 valence electrons. The van der Waals surface area contributed by atoms with E-state index in [1.807, 2.05) is 31.3 Å². The molecule has 1 aliphatic carbocycles. The van der Waals surface area contributed by atoms with E-state index in [9.17, 15) is 0 Å². The van der Waals surface area contributed by atoms with Gasteiger partial charge in [-0.15, -0.1) is 0 Å². The van der Waals surface area contributed by atoms with Crippen LogP contribution in [0.25, 0.3) is 0 Å². The summed E-state index contributed by atoms with van der Waals surface area (Å²) in [6.07, 6.45) is 7.34. The molecule has 2 aromatic rings. The molecule has 0 saturated heterocycles. The van der Waals surface area contributed by atoms with E-state index < -0.39 is 0 Å². The van der Waals surface area contributed by atoms with Gasteiger partial charge in [0, 0.05) is 18.4 Å². The fourth-order valence-electron chi connectivity index (χ4n) is 3.46. The van der Waals surface area contributed by atoms with Crippen LogP contribution in [0.1, 0.15) is 31.2 Å². The van der Waals surface area contributed by atoms with Crippen molar-refractivity contribution in [1.29, 1.82) is 0 Å². The zero-order chi connectivity index (χ0) is 18.2. The highest BCUT2D eigenvalue weighted by molar-refractivity contribution is 5.33. The molecule has 0 spiro atoms. The zero-order valence-electron chi connectivity index (χ0n) is 15.6. The Morgan fingerprint density at radius 2 is 1.88 bits per heavy atom.